The van der Waals surface area contributed by atoms with Crippen LogP contribution in [-0.2, 0) is 6.54 Å². The van der Waals surface area contributed by atoms with Gasteiger partial charge in [-0.2, -0.15) is 0 Å². The van der Waals surface area contributed by atoms with Crippen molar-refractivity contribution < 1.29 is 0 Å². The molecule has 2 rings (SSSR count). The van der Waals surface area contributed by atoms with E-state index in [0.29, 0.717) is 0 Å². The highest BCUT2D eigenvalue weighted by Gasteiger charge is 2.18. The van der Waals surface area contributed by atoms with E-state index in [1.54, 1.807) is 6.07 Å². The van der Waals surface area contributed by atoms with E-state index in [0.717, 1.165) is 63.1 Å². The lowest BCUT2D eigenvalue weighted by atomic mass is 10.00. The minimum atomic E-state index is 0. The Balaban J connectivity index is 0.00000312. The van der Waals surface area contributed by atoms with Crippen molar-refractivity contribution in [1.82, 2.24) is 14.8 Å². The van der Waals surface area contributed by atoms with Gasteiger partial charge in [0.25, 0.3) is 5.56 Å². The number of aliphatic imine (C=N–C) groups is 1. The third-order valence-corrected chi connectivity index (χ3v) is 4.74. The number of hydrogen-bond acceptors (Lipinski definition) is 2. The number of guanidine groups is 1. The van der Waals surface area contributed by atoms with Crippen molar-refractivity contribution in [3.05, 3.63) is 34.2 Å². The van der Waals surface area contributed by atoms with E-state index in [1.165, 1.54) is 12.8 Å². The van der Waals surface area contributed by atoms with Crippen molar-refractivity contribution >= 4 is 29.9 Å². The first kappa shape index (κ1) is 22.0. The molecule has 1 N–H and O–H groups in total. The van der Waals surface area contributed by atoms with Gasteiger partial charge in [-0.05, 0) is 51.5 Å². The van der Waals surface area contributed by atoms with E-state index < -0.39 is 0 Å². The highest BCUT2D eigenvalue weighted by molar-refractivity contribution is 14.0. The van der Waals surface area contributed by atoms with Gasteiger partial charge in [-0.1, -0.05) is 13.0 Å². The largest absolute Gasteiger partial charge is 0.357 e. The molecule has 1 aliphatic rings. The number of piperidine rings is 1. The minimum Gasteiger partial charge on any atom is -0.357 e. The van der Waals surface area contributed by atoms with Crippen LogP contribution in [0.25, 0.3) is 0 Å². The number of nitrogens with one attached hydrogen (secondary N) is 1. The SMILES string of the molecule is CCNC(=NCCCCn1c(C)cccc1=O)N1CCC(C)CC1.I. The van der Waals surface area contributed by atoms with Gasteiger partial charge in [0.05, 0.1) is 0 Å². The Labute approximate surface area is 168 Å². The maximum atomic E-state index is 11.8. The van der Waals surface area contributed by atoms with Crippen LogP contribution in [0.2, 0.25) is 0 Å². The van der Waals surface area contributed by atoms with Crippen LogP contribution in [0.5, 0.6) is 0 Å². The van der Waals surface area contributed by atoms with Gasteiger partial charge >= 0.3 is 0 Å². The van der Waals surface area contributed by atoms with Gasteiger partial charge < -0.3 is 14.8 Å². The predicted molar refractivity (Wildman–Crippen MR) is 116 cm³/mol. The van der Waals surface area contributed by atoms with Gasteiger partial charge in [0.2, 0.25) is 0 Å². The molecule has 1 aliphatic heterocycles. The summed E-state index contributed by atoms with van der Waals surface area (Å²) in [6, 6.07) is 5.44. The van der Waals surface area contributed by atoms with E-state index in [-0.39, 0.29) is 29.5 Å². The molecule has 0 bridgehead atoms. The van der Waals surface area contributed by atoms with Crippen molar-refractivity contribution in [3.63, 3.8) is 0 Å². The topological polar surface area (TPSA) is 49.6 Å². The van der Waals surface area contributed by atoms with Crippen molar-refractivity contribution in [2.45, 2.75) is 53.0 Å². The van der Waals surface area contributed by atoms with Crippen molar-refractivity contribution in [1.29, 1.82) is 0 Å². The normalized spacial score (nSPS) is 15.8. The zero-order valence-corrected chi connectivity index (χ0v) is 18.2. The van der Waals surface area contributed by atoms with Gasteiger partial charge in [-0.15, -0.1) is 24.0 Å². The Kier molecular flexibility index (Phi) is 10.2. The van der Waals surface area contributed by atoms with Crippen LogP contribution >= 0.6 is 24.0 Å². The molecule has 0 aromatic carbocycles. The third kappa shape index (κ3) is 6.99. The van der Waals surface area contributed by atoms with Crippen molar-refractivity contribution in [2.24, 2.45) is 10.9 Å². The number of rotatable bonds is 6. The number of unbranched alkanes of at least 4 members (excludes halogenated alkanes) is 1. The smallest absolute Gasteiger partial charge is 0.250 e. The molecule has 1 saturated heterocycles. The summed E-state index contributed by atoms with van der Waals surface area (Å²) in [6.45, 7) is 11.1. The molecule has 25 heavy (non-hydrogen) atoms. The van der Waals surface area contributed by atoms with Crippen LogP contribution in [0.4, 0.5) is 0 Å². The summed E-state index contributed by atoms with van der Waals surface area (Å²) < 4.78 is 1.85. The molecular formula is C19H33IN4O. The molecule has 1 aromatic rings. The van der Waals surface area contributed by atoms with E-state index >= 15 is 0 Å². The zero-order valence-electron chi connectivity index (χ0n) is 15.8. The number of pyridine rings is 1. The van der Waals surface area contributed by atoms with E-state index in [9.17, 15) is 4.79 Å². The first-order chi connectivity index (χ1) is 11.6. The molecule has 1 aromatic heterocycles. The Hall–Kier alpha value is -1.05. The molecule has 2 heterocycles. The number of halogens is 1. The fraction of sp³-hybridized carbons (Fsp3) is 0.684. The Morgan fingerprint density at radius 1 is 1.28 bits per heavy atom. The predicted octanol–water partition coefficient (Wildman–Crippen LogP) is 3.25. The number of nitrogens with zero attached hydrogens (tertiary/aromatic N) is 3. The summed E-state index contributed by atoms with van der Waals surface area (Å²) in [4.78, 5) is 19.0. The molecule has 0 saturated carbocycles. The minimum absolute atomic E-state index is 0. The molecule has 0 radical (unpaired) electrons. The lowest BCUT2D eigenvalue weighted by Gasteiger charge is -2.33. The second kappa shape index (κ2) is 11.5. The fourth-order valence-electron chi connectivity index (χ4n) is 3.12. The lowest BCUT2D eigenvalue weighted by Crippen LogP contribution is -2.45. The summed E-state index contributed by atoms with van der Waals surface area (Å²) in [5.74, 6) is 1.88. The van der Waals surface area contributed by atoms with E-state index in [4.69, 9.17) is 4.99 Å². The lowest BCUT2D eigenvalue weighted by molar-refractivity contribution is 0.273. The van der Waals surface area contributed by atoms with Crippen molar-refractivity contribution in [3.8, 4) is 0 Å². The van der Waals surface area contributed by atoms with Gasteiger partial charge in [-0.3, -0.25) is 9.79 Å². The van der Waals surface area contributed by atoms with Crippen LogP contribution in [-0.4, -0.2) is 41.6 Å². The molecular weight excluding hydrogens is 427 g/mol. The molecule has 6 heteroatoms. The molecule has 1 fully saturated rings. The average Bonchev–Trinajstić information content (AvgIpc) is 2.57. The molecule has 0 aliphatic carbocycles. The Bertz CT molecular complexity index is 591. The van der Waals surface area contributed by atoms with Gasteiger partial charge in [0.15, 0.2) is 5.96 Å². The maximum absolute atomic E-state index is 11.8. The third-order valence-electron chi connectivity index (χ3n) is 4.74. The summed E-state index contributed by atoms with van der Waals surface area (Å²) >= 11 is 0. The summed E-state index contributed by atoms with van der Waals surface area (Å²) in [7, 11) is 0. The maximum Gasteiger partial charge on any atom is 0.250 e. The van der Waals surface area contributed by atoms with Crippen molar-refractivity contribution in [2.75, 3.05) is 26.2 Å². The highest BCUT2D eigenvalue weighted by Crippen LogP contribution is 2.15. The molecule has 142 valence electrons. The molecule has 0 unspecified atom stereocenters. The van der Waals surface area contributed by atoms with Crippen LogP contribution < -0.4 is 10.9 Å². The van der Waals surface area contributed by atoms with Gasteiger partial charge in [0.1, 0.15) is 0 Å². The average molecular weight is 460 g/mol. The zero-order chi connectivity index (χ0) is 17.4. The first-order valence-electron chi connectivity index (χ1n) is 9.31. The molecule has 5 nitrogen and oxygen atoms in total. The number of aromatic nitrogens is 1. The summed E-state index contributed by atoms with van der Waals surface area (Å²) in [5.41, 5.74) is 1.12. The first-order valence-corrected chi connectivity index (χ1v) is 9.31. The molecule has 0 amide bonds. The number of aryl methyl sites for hydroxylation is 1. The quantitative estimate of drug-likeness (QED) is 0.307. The van der Waals surface area contributed by atoms with Gasteiger partial charge in [-0.25, -0.2) is 0 Å². The highest BCUT2D eigenvalue weighted by atomic mass is 127. The summed E-state index contributed by atoms with van der Waals surface area (Å²) in [5, 5.41) is 3.41. The van der Waals surface area contributed by atoms with Crippen LogP contribution in [0, 0.1) is 12.8 Å². The Morgan fingerprint density at radius 3 is 2.64 bits per heavy atom. The monoisotopic (exact) mass is 460 g/mol. The van der Waals surface area contributed by atoms with E-state index in [2.05, 4.69) is 24.1 Å². The molecule has 0 atom stereocenters. The van der Waals surface area contributed by atoms with Crippen LogP contribution in [0.15, 0.2) is 28.0 Å². The second-order valence-corrected chi connectivity index (χ2v) is 6.77. The summed E-state index contributed by atoms with van der Waals surface area (Å²) in [6.07, 6.45) is 4.48. The van der Waals surface area contributed by atoms with E-state index in [1.807, 2.05) is 23.6 Å². The van der Waals surface area contributed by atoms with Crippen LogP contribution in [0.1, 0.15) is 45.2 Å². The number of hydrogen-bond donors (Lipinski definition) is 1. The van der Waals surface area contributed by atoms with Gasteiger partial charge in [0, 0.05) is 44.5 Å². The Morgan fingerprint density at radius 2 is 2.00 bits per heavy atom. The fourth-order valence-corrected chi connectivity index (χ4v) is 3.12. The molecule has 0 spiro atoms. The standard InChI is InChI=1S/C19H32N4O.HI/c1-4-20-19(22-14-10-16(2)11-15-22)21-12-5-6-13-23-17(3)8-7-9-18(23)24;/h7-9,16H,4-6,10-15H2,1-3H3,(H,20,21);1H. The second-order valence-electron chi connectivity index (χ2n) is 6.77. The number of likely N-dealkylation sites (tertiary alicyclic amines) is 1. The van der Waals surface area contributed by atoms with Crippen LogP contribution in [0.3, 0.4) is 0 Å².